The molecule has 1 unspecified atom stereocenters. The Hall–Kier alpha value is -0.990. The molecule has 0 aromatic rings. The lowest BCUT2D eigenvalue weighted by Crippen LogP contribution is -2.40. The first-order valence-electron chi connectivity index (χ1n) is 5.28. The largest absolute Gasteiger partial charge is 0.474 e. The van der Waals surface area contributed by atoms with Crippen LogP contribution in [0.1, 0.15) is 41.5 Å². The molecule has 1 atom stereocenters. The second-order valence-corrected chi connectivity index (χ2v) is 5.11. The lowest BCUT2D eigenvalue weighted by Gasteiger charge is -2.27. The maximum Gasteiger partial charge on any atom is 0.180 e. The molecule has 0 aromatic heterocycles. The van der Waals surface area contributed by atoms with Crippen molar-refractivity contribution >= 4 is 5.78 Å². The molecule has 0 radical (unpaired) electrons. The number of ketones is 1. The minimum atomic E-state index is -0.289. The van der Waals surface area contributed by atoms with Gasteiger partial charge in [0.15, 0.2) is 11.7 Å². The molecule has 0 bridgehead atoms. The fourth-order valence-corrected chi connectivity index (χ4v) is 1.31. The molecule has 0 aliphatic carbocycles. The van der Waals surface area contributed by atoms with E-state index in [1.807, 2.05) is 34.6 Å². The predicted octanol–water partition coefficient (Wildman–Crippen LogP) is 2.48. The van der Waals surface area contributed by atoms with Gasteiger partial charge in [0.1, 0.15) is 5.60 Å². The van der Waals surface area contributed by atoms with Crippen molar-refractivity contribution in [2.45, 2.75) is 53.2 Å². The molecule has 3 heteroatoms. The van der Waals surface area contributed by atoms with E-state index >= 15 is 0 Å². The molecule has 0 spiro atoms. The van der Waals surface area contributed by atoms with Crippen molar-refractivity contribution in [1.82, 2.24) is 5.32 Å². The lowest BCUT2D eigenvalue weighted by atomic mass is 10.0. The number of hydrogen-bond acceptors (Lipinski definition) is 3. The van der Waals surface area contributed by atoms with E-state index in [0.29, 0.717) is 5.88 Å². The molecular formula is C12H23NO2. The van der Waals surface area contributed by atoms with Crippen LogP contribution in [-0.2, 0) is 9.53 Å². The van der Waals surface area contributed by atoms with Crippen LogP contribution in [0.5, 0.6) is 0 Å². The Kier molecular flexibility index (Phi) is 4.85. The quantitative estimate of drug-likeness (QED) is 0.713. The number of hydrogen-bond donors (Lipinski definition) is 1. The predicted molar refractivity (Wildman–Crippen MR) is 62.4 cm³/mol. The Bertz CT molecular complexity index is 238. The van der Waals surface area contributed by atoms with E-state index in [1.165, 1.54) is 0 Å². The van der Waals surface area contributed by atoms with E-state index in [1.54, 1.807) is 6.92 Å². The molecule has 0 amide bonds. The fraction of sp³-hybridized carbons (Fsp3) is 0.750. The average Bonchev–Trinajstić information content (AvgIpc) is 1.95. The molecule has 0 aliphatic heterocycles. The zero-order valence-electron chi connectivity index (χ0n) is 10.7. The van der Waals surface area contributed by atoms with Crippen molar-refractivity contribution in [2.24, 2.45) is 5.92 Å². The normalized spacial score (nSPS) is 13.5. The summed E-state index contributed by atoms with van der Waals surface area (Å²) in [5.74, 6) is 0.780. The number of Topliss-reactive ketones (excluding diaryl/α,β-unsaturated/α-hetero) is 1. The molecule has 1 N–H and O–H groups in total. The molecule has 3 nitrogen and oxygen atoms in total. The van der Waals surface area contributed by atoms with Gasteiger partial charge in [0.25, 0.3) is 0 Å². The maximum absolute atomic E-state index is 11.3. The van der Waals surface area contributed by atoms with Crippen LogP contribution in [0.25, 0.3) is 0 Å². The minimum Gasteiger partial charge on any atom is -0.474 e. The van der Waals surface area contributed by atoms with Crippen LogP contribution in [0, 0.1) is 5.92 Å². The van der Waals surface area contributed by atoms with E-state index in [0.717, 1.165) is 0 Å². The Labute approximate surface area is 92.9 Å². The Morgan fingerprint density at radius 2 is 1.80 bits per heavy atom. The highest BCUT2D eigenvalue weighted by Crippen LogP contribution is 2.12. The third kappa shape index (κ3) is 6.15. The first kappa shape index (κ1) is 14.0. The second kappa shape index (κ2) is 5.19. The summed E-state index contributed by atoms with van der Waals surface area (Å²) in [6.07, 6.45) is 0. The molecule has 0 aromatic carbocycles. The van der Waals surface area contributed by atoms with E-state index in [-0.39, 0.29) is 23.3 Å². The molecule has 15 heavy (non-hydrogen) atoms. The third-order valence-corrected chi connectivity index (χ3v) is 1.85. The molecule has 0 aliphatic rings. The summed E-state index contributed by atoms with van der Waals surface area (Å²) in [4.78, 5) is 11.3. The Morgan fingerprint density at radius 1 is 1.33 bits per heavy atom. The smallest absolute Gasteiger partial charge is 0.180 e. The first-order chi connectivity index (χ1) is 6.63. The van der Waals surface area contributed by atoms with Gasteiger partial charge >= 0.3 is 0 Å². The van der Waals surface area contributed by atoms with Crippen molar-refractivity contribution in [2.75, 3.05) is 0 Å². The van der Waals surface area contributed by atoms with Gasteiger partial charge in [-0.1, -0.05) is 13.8 Å². The van der Waals surface area contributed by atoms with Gasteiger partial charge in [-0.15, -0.1) is 0 Å². The van der Waals surface area contributed by atoms with Crippen LogP contribution in [0.15, 0.2) is 12.5 Å². The van der Waals surface area contributed by atoms with Crippen molar-refractivity contribution in [3.63, 3.8) is 0 Å². The van der Waals surface area contributed by atoms with Crippen molar-refractivity contribution in [3.05, 3.63) is 12.5 Å². The van der Waals surface area contributed by atoms with Crippen molar-refractivity contribution in [1.29, 1.82) is 0 Å². The van der Waals surface area contributed by atoms with Crippen LogP contribution in [-0.4, -0.2) is 17.4 Å². The van der Waals surface area contributed by atoms with Crippen LogP contribution >= 0.6 is 0 Å². The fourth-order valence-electron chi connectivity index (χ4n) is 1.31. The Morgan fingerprint density at radius 3 is 2.07 bits per heavy atom. The summed E-state index contributed by atoms with van der Waals surface area (Å²) >= 11 is 0. The highest BCUT2D eigenvalue weighted by molar-refractivity contribution is 5.81. The maximum atomic E-state index is 11.3. The van der Waals surface area contributed by atoms with Gasteiger partial charge in [-0.25, -0.2) is 0 Å². The van der Waals surface area contributed by atoms with Gasteiger partial charge < -0.3 is 10.1 Å². The number of carbonyl (C=O) groups is 1. The van der Waals surface area contributed by atoms with Gasteiger partial charge in [0.05, 0.1) is 6.04 Å². The summed E-state index contributed by atoms with van der Waals surface area (Å²) in [5.41, 5.74) is -0.289. The highest BCUT2D eigenvalue weighted by atomic mass is 16.5. The van der Waals surface area contributed by atoms with E-state index in [4.69, 9.17) is 4.74 Å². The lowest BCUT2D eigenvalue weighted by molar-refractivity contribution is -0.120. The van der Waals surface area contributed by atoms with Gasteiger partial charge in [0, 0.05) is 0 Å². The van der Waals surface area contributed by atoms with Gasteiger partial charge in [-0.05, 0) is 40.2 Å². The van der Waals surface area contributed by atoms with Crippen LogP contribution in [0.3, 0.4) is 0 Å². The van der Waals surface area contributed by atoms with Gasteiger partial charge in [0.2, 0.25) is 0 Å². The molecular weight excluding hydrogens is 190 g/mol. The number of carbonyl (C=O) groups excluding carboxylic acids is 1. The minimum absolute atomic E-state index is 0.101. The number of nitrogens with one attached hydrogen (secondary N) is 1. The molecule has 88 valence electrons. The molecule has 0 fully saturated rings. The summed E-state index contributed by atoms with van der Waals surface area (Å²) in [6.45, 7) is 15.1. The highest BCUT2D eigenvalue weighted by Gasteiger charge is 2.20. The number of rotatable bonds is 5. The first-order valence-corrected chi connectivity index (χ1v) is 5.28. The molecule has 0 saturated heterocycles. The topological polar surface area (TPSA) is 38.3 Å². The zero-order valence-corrected chi connectivity index (χ0v) is 10.7. The van der Waals surface area contributed by atoms with E-state index in [9.17, 15) is 4.79 Å². The van der Waals surface area contributed by atoms with E-state index in [2.05, 4.69) is 11.9 Å². The van der Waals surface area contributed by atoms with E-state index < -0.39 is 0 Å². The SMILES string of the molecule is C=C(NC(C(C)=O)C(C)C)OC(C)(C)C. The van der Waals surface area contributed by atoms with Crippen molar-refractivity contribution in [3.8, 4) is 0 Å². The molecule has 0 saturated carbocycles. The van der Waals surface area contributed by atoms with Crippen LogP contribution < -0.4 is 5.32 Å². The summed E-state index contributed by atoms with van der Waals surface area (Å²) in [5, 5.41) is 3.01. The summed E-state index contributed by atoms with van der Waals surface area (Å²) < 4.78 is 5.51. The van der Waals surface area contributed by atoms with Crippen molar-refractivity contribution < 1.29 is 9.53 Å². The Balaban J connectivity index is 4.31. The van der Waals surface area contributed by atoms with Crippen LogP contribution in [0.2, 0.25) is 0 Å². The standard InChI is InChI=1S/C12H23NO2/c1-8(2)11(9(3)14)13-10(4)15-12(5,6)7/h8,11,13H,4H2,1-3,5-7H3. The number of ether oxygens (including phenoxy) is 1. The second-order valence-electron chi connectivity index (χ2n) is 5.11. The van der Waals surface area contributed by atoms with Crippen LogP contribution in [0.4, 0.5) is 0 Å². The summed E-state index contributed by atoms with van der Waals surface area (Å²) in [7, 11) is 0. The average molecular weight is 213 g/mol. The van der Waals surface area contributed by atoms with Gasteiger partial charge in [-0.3, -0.25) is 4.79 Å². The molecule has 0 heterocycles. The van der Waals surface area contributed by atoms with Gasteiger partial charge in [-0.2, -0.15) is 0 Å². The molecule has 0 rings (SSSR count). The zero-order chi connectivity index (χ0) is 12.2. The third-order valence-electron chi connectivity index (χ3n) is 1.85. The monoisotopic (exact) mass is 213 g/mol. The summed E-state index contributed by atoms with van der Waals surface area (Å²) in [6, 6.07) is -0.222.